The standard InChI is InChI=1S/C15H25N3O/c1-10(2)18-8-7-16-14(15(18)19)17-13-6-5-11(3)9-12(13)4/h7-8,10-13H,5-6,9H2,1-4H3,(H,16,17). The second kappa shape index (κ2) is 5.76. The van der Waals surface area contributed by atoms with Gasteiger partial charge in [0.1, 0.15) is 0 Å². The Morgan fingerprint density at radius 3 is 2.74 bits per heavy atom. The average Bonchev–Trinajstić information content (AvgIpc) is 2.34. The minimum atomic E-state index is -0.0108. The normalized spacial score (nSPS) is 27.5. The number of anilines is 1. The largest absolute Gasteiger partial charge is 0.362 e. The Kier molecular flexibility index (Phi) is 4.27. The molecule has 3 unspecified atom stereocenters. The molecule has 1 heterocycles. The zero-order valence-corrected chi connectivity index (χ0v) is 12.4. The van der Waals surface area contributed by atoms with Crippen LogP contribution in [0, 0.1) is 11.8 Å². The van der Waals surface area contributed by atoms with Gasteiger partial charge in [0.15, 0.2) is 5.82 Å². The molecule has 0 saturated heterocycles. The number of hydrogen-bond acceptors (Lipinski definition) is 3. The second-order valence-electron chi connectivity index (χ2n) is 6.23. The average molecular weight is 263 g/mol. The first-order chi connectivity index (χ1) is 8.99. The van der Waals surface area contributed by atoms with Crippen LogP contribution in [-0.2, 0) is 0 Å². The van der Waals surface area contributed by atoms with E-state index in [1.54, 1.807) is 17.0 Å². The van der Waals surface area contributed by atoms with E-state index in [2.05, 4.69) is 24.1 Å². The van der Waals surface area contributed by atoms with E-state index in [-0.39, 0.29) is 11.6 Å². The molecule has 4 nitrogen and oxygen atoms in total. The molecule has 2 rings (SSSR count). The van der Waals surface area contributed by atoms with Crippen LogP contribution in [0.2, 0.25) is 0 Å². The van der Waals surface area contributed by atoms with Crippen molar-refractivity contribution < 1.29 is 0 Å². The highest BCUT2D eigenvalue weighted by Gasteiger charge is 2.26. The van der Waals surface area contributed by atoms with Crippen molar-refractivity contribution in [3.8, 4) is 0 Å². The van der Waals surface area contributed by atoms with Crippen molar-refractivity contribution in [1.82, 2.24) is 9.55 Å². The highest BCUT2D eigenvalue weighted by Crippen LogP contribution is 2.29. The fourth-order valence-corrected chi connectivity index (χ4v) is 2.99. The van der Waals surface area contributed by atoms with Crippen LogP contribution in [0.4, 0.5) is 5.82 Å². The molecule has 0 amide bonds. The van der Waals surface area contributed by atoms with Crippen LogP contribution >= 0.6 is 0 Å². The fraction of sp³-hybridized carbons (Fsp3) is 0.733. The summed E-state index contributed by atoms with van der Waals surface area (Å²) in [6.45, 7) is 8.59. The third-order valence-electron chi connectivity index (χ3n) is 4.18. The van der Waals surface area contributed by atoms with Gasteiger partial charge in [-0.15, -0.1) is 0 Å². The molecule has 1 aromatic heterocycles. The Labute approximate surface area is 115 Å². The van der Waals surface area contributed by atoms with Crippen LogP contribution in [-0.4, -0.2) is 15.6 Å². The number of aromatic nitrogens is 2. The Morgan fingerprint density at radius 1 is 1.37 bits per heavy atom. The predicted octanol–water partition coefficient (Wildman–Crippen LogP) is 3.06. The van der Waals surface area contributed by atoms with Gasteiger partial charge in [0.25, 0.3) is 5.56 Å². The van der Waals surface area contributed by atoms with Crippen LogP contribution in [0.15, 0.2) is 17.2 Å². The van der Waals surface area contributed by atoms with Gasteiger partial charge in [-0.05, 0) is 44.9 Å². The lowest BCUT2D eigenvalue weighted by Gasteiger charge is -2.33. The summed E-state index contributed by atoms with van der Waals surface area (Å²) >= 11 is 0. The van der Waals surface area contributed by atoms with E-state index in [0.29, 0.717) is 17.8 Å². The zero-order chi connectivity index (χ0) is 14.0. The third kappa shape index (κ3) is 3.17. The molecule has 1 saturated carbocycles. The molecule has 3 atom stereocenters. The summed E-state index contributed by atoms with van der Waals surface area (Å²) in [7, 11) is 0. The molecule has 1 aliphatic rings. The van der Waals surface area contributed by atoms with Crippen LogP contribution < -0.4 is 10.9 Å². The van der Waals surface area contributed by atoms with Gasteiger partial charge >= 0.3 is 0 Å². The highest BCUT2D eigenvalue weighted by molar-refractivity contribution is 5.32. The number of nitrogens with one attached hydrogen (secondary N) is 1. The maximum absolute atomic E-state index is 12.3. The van der Waals surface area contributed by atoms with Crippen molar-refractivity contribution in [1.29, 1.82) is 0 Å². The van der Waals surface area contributed by atoms with Crippen molar-refractivity contribution >= 4 is 5.82 Å². The quantitative estimate of drug-likeness (QED) is 0.911. The maximum atomic E-state index is 12.3. The number of nitrogens with zero attached hydrogens (tertiary/aromatic N) is 2. The van der Waals surface area contributed by atoms with Crippen molar-refractivity contribution in [2.24, 2.45) is 11.8 Å². The van der Waals surface area contributed by atoms with Gasteiger partial charge in [0, 0.05) is 24.5 Å². The lowest BCUT2D eigenvalue weighted by molar-refractivity contribution is 0.276. The van der Waals surface area contributed by atoms with E-state index in [1.165, 1.54) is 12.8 Å². The summed E-state index contributed by atoms with van der Waals surface area (Å²) in [4.78, 5) is 16.5. The van der Waals surface area contributed by atoms with Crippen LogP contribution in [0.25, 0.3) is 0 Å². The molecule has 4 heteroatoms. The molecule has 0 aliphatic heterocycles. The molecule has 106 valence electrons. The predicted molar refractivity (Wildman–Crippen MR) is 78.5 cm³/mol. The van der Waals surface area contributed by atoms with Gasteiger partial charge in [-0.25, -0.2) is 4.98 Å². The zero-order valence-electron chi connectivity index (χ0n) is 12.4. The van der Waals surface area contributed by atoms with Crippen molar-refractivity contribution in [3.63, 3.8) is 0 Å². The molecular weight excluding hydrogens is 238 g/mol. The number of rotatable bonds is 3. The molecule has 1 aromatic rings. The number of hydrogen-bond donors (Lipinski definition) is 1. The van der Waals surface area contributed by atoms with Crippen molar-refractivity contribution in [2.75, 3.05) is 5.32 Å². The molecular formula is C15H25N3O. The van der Waals surface area contributed by atoms with Gasteiger partial charge in [0.05, 0.1) is 0 Å². The second-order valence-corrected chi connectivity index (χ2v) is 6.23. The van der Waals surface area contributed by atoms with Gasteiger partial charge < -0.3 is 9.88 Å². The Bertz CT molecular complexity index is 481. The van der Waals surface area contributed by atoms with Crippen LogP contribution in [0.5, 0.6) is 0 Å². The van der Waals surface area contributed by atoms with Gasteiger partial charge in [-0.1, -0.05) is 13.8 Å². The summed E-state index contributed by atoms with van der Waals surface area (Å²) in [6.07, 6.45) is 7.04. The smallest absolute Gasteiger partial charge is 0.293 e. The first-order valence-electron chi connectivity index (χ1n) is 7.32. The fourth-order valence-electron chi connectivity index (χ4n) is 2.99. The van der Waals surface area contributed by atoms with E-state index in [4.69, 9.17) is 0 Å². The van der Waals surface area contributed by atoms with Gasteiger partial charge in [-0.2, -0.15) is 0 Å². The minimum absolute atomic E-state index is 0.0108. The Morgan fingerprint density at radius 2 is 2.11 bits per heavy atom. The molecule has 0 spiro atoms. The monoisotopic (exact) mass is 263 g/mol. The Balaban J connectivity index is 2.15. The summed E-state index contributed by atoms with van der Waals surface area (Å²) in [5.74, 6) is 1.89. The minimum Gasteiger partial charge on any atom is -0.362 e. The van der Waals surface area contributed by atoms with Crippen molar-refractivity contribution in [3.05, 3.63) is 22.7 Å². The van der Waals surface area contributed by atoms with E-state index < -0.39 is 0 Å². The molecule has 1 N–H and O–H groups in total. The van der Waals surface area contributed by atoms with E-state index >= 15 is 0 Å². The summed E-state index contributed by atoms with van der Waals surface area (Å²) in [6, 6.07) is 0.541. The molecule has 19 heavy (non-hydrogen) atoms. The van der Waals surface area contributed by atoms with Crippen LogP contribution in [0.3, 0.4) is 0 Å². The SMILES string of the molecule is CC1CCC(Nc2nccn(C(C)C)c2=O)C(C)C1. The van der Waals surface area contributed by atoms with E-state index in [1.807, 2.05) is 13.8 Å². The molecule has 0 radical (unpaired) electrons. The molecule has 1 aliphatic carbocycles. The maximum Gasteiger partial charge on any atom is 0.293 e. The summed E-state index contributed by atoms with van der Waals surface area (Å²) in [5, 5.41) is 3.37. The first kappa shape index (κ1) is 14.1. The van der Waals surface area contributed by atoms with Crippen molar-refractivity contribution in [2.45, 2.75) is 59.0 Å². The lowest BCUT2D eigenvalue weighted by atomic mass is 9.80. The molecule has 0 bridgehead atoms. The summed E-state index contributed by atoms with van der Waals surface area (Å²) in [5.41, 5.74) is -0.0108. The van der Waals surface area contributed by atoms with E-state index in [0.717, 1.165) is 12.3 Å². The summed E-state index contributed by atoms with van der Waals surface area (Å²) < 4.78 is 1.73. The van der Waals surface area contributed by atoms with E-state index in [9.17, 15) is 4.79 Å². The van der Waals surface area contributed by atoms with Gasteiger partial charge in [0.2, 0.25) is 0 Å². The lowest BCUT2D eigenvalue weighted by Crippen LogP contribution is -2.36. The molecule has 1 fully saturated rings. The molecule has 0 aromatic carbocycles. The van der Waals surface area contributed by atoms with Gasteiger partial charge in [-0.3, -0.25) is 4.79 Å². The van der Waals surface area contributed by atoms with Crippen LogP contribution in [0.1, 0.15) is 53.0 Å². The highest BCUT2D eigenvalue weighted by atomic mass is 16.1. The topological polar surface area (TPSA) is 46.9 Å². The Hall–Kier alpha value is -1.32. The third-order valence-corrected chi connectivity index (χ3v) is 4.18. The first-order valence-corrected chi connectivity index (χ1v) is 7.32.